The molecule has 0 saturated heterocycles. The van der Waals surface area contributed by atoms with Crippen LogP contribution in [-0.4, -0.2) is 25.1 Å². The first-order valence-electron chi connectivity index (χ1n) is 6.21. The van der Waals surface area contributed by atoms with Crippen molar-refractivity contribution in [3.8, 4) is 5.75 Å². The second-order valence-corrected chi connectivity index (χ2v) is 4.67. The summed E-state index contributed by atoms with van der Waals surface area (Å²) in [5, 5.41) is 2.77. The summed E-state index contributed by atoms with van der Waals surface area (Å²) in [5.74, 6) is 0.638. The van der Waals surface area contributed by atoms with Crippen LogP contribution in [0.1, 0.15) is 24.5 Å². The summed E-state index contributed by atoms with van der Waals surface area (Å²) in [6.07, 6.45) is 0.773. The lowest BCUT2D eigenvalue weighted by atomic mass is 10.1. The van der Waals surface area contributed by atoms with Crippen molar-refractivity contribution < 1.29 is 9.53 Å². The van der Waals surface area contributed by atoms with Gasteiger partial charge in [-0.3, -0.25) is 4.79 Å². The van der Waals surface area contributed by atoms with Crippen molar-refractivity contribution in [3.63, 3.8) is 0 Å². The number of hydrogen-bond donors (Lipinski definition) is 2. The number of ether oxygens (including phenoxy) is 1. The fourth-order valence-electron chi connectivity index (χ4n) is 1.59. The van der Waals surface area contributed by atoms with Gasteiger partial charge in [0.05, 0.1) is 0 Å². The number of benzene rings is 1. The number of aryl methyl sites for hydroxylation is 2. The molecule has 0 fully saturated rings. The van der Waals surface area contributed by atoms with Gasteiger partial charge in [-0.25, -0.2) is 0 Å². The molecule has 1 aromatic rings. The van der Waals surface area contributed by atoms with E-state index in [0.717, 1.165) is 17.7 Å². The van der Waals surface area contributed by atoms with Crippen LogP contribution < -0.4 is 15.8 Å². The van der Waals surface area contributed by atoms with Gasteiger partial charge in [0.15, 0.2) is 6.61 Å². The number of carbonyl (C=O) groups excluding carboxylic acids is 1. The summed E-state index contributed by atoms with van der Waals surface area (Å²) in [6, 6.07) is 5.99. The molecule has 0 bridgehead atoms. The predicted molar refractivity (Wildman–Crippen MR) is 79.9 cm³/mol. The van der Waals surface area contributed by atoms with E-state index in [1.54, 1.807) is 0 Å². The van der Waals surface area contributed by atoms with E-state index in [9.17, 15) is 4.79 Å². The predicted octanol–water partition coefficient (Wildman–Crippen LogP) is 1.96. The first-order valence-corrected chi connectivity index (χ1v) is 6.21. The van der Waals surface area contributed by atoms with Crippen LogP contribution in [0.4, 0.5) is 0 Å². The van der Waals surface area contributed by atoms with E-state index < -0.39 is 0 Å². The normalized spacial score (nSPS) is 11.4. The second-order valence-electron chi connectivity index (χ2n) is 4.67. The van der Waals surface area contributed by atoms with E-state index >= 15 is 0 Å². The Morgan fingerprint density at radius 1 is 1.42 bits per heavy atom. The Kier molecular flexibility index (Phi) is 8.19. The molecule has 0 aliphatic rings. The number of hydrogen-bond acceptors (Lipinski definition) is 3. The lowest BCUT2D eigenvalue weighted by molar-refractivity contribution is -0.123. The molecule has 1 amide bonds. The van der Waals surface area contributed by atoms with Gasteiger partial charge in [-0.2, -0.15) is 0 Å². The van der Waals surface area contributed by atoms with Gasteiger partial charge in [-0.05, 0) is 38.8 Å². The zero-order valence-electron chi connectivity index (χ0n) is 11.7. The van der Waals surface area contributed by atoms with Gasteiger partial charge in [0.2, 0.25) is 0 Å². The van der Waals surface area contributed by atoms with E-state index in [1.807, 2.05) is 39.0 Å². The van der Waals surface area contributed by atoms with Crippen molar-refractivity contribution in [1.82, 2.24) is 5.32 Å². The van der Waals surface area contributed by atoms with Crippen molar-refractivity contribution in [2.75, 3.05) is 13.2 Å². The van der Waals surface area contributed by atoms with Crippen molar-refractivity contribution in [2.45, 2.75) is 33.2 Å². The zero-order valence-corrected chi connectivity index (χ0v) is 12.5. The molecule has 108 valence electrons. The molecule has 5 heteroatoms. The SMILES string of the molecule is Cc1ccc(OCC(=O)NCCC(C)N)c(C)c1.Cl. The monoisotopic (exact) mass is 286 g/mol. The molecule has 0 spiro atoms. The van der Waals surface area contributed by atoms with Gasteiger partial charge in [0.25, 0.3) is 5.91 Å². The Morgan fingerprint density at radius 3 is 2.68 bits per heavy atom. The molecule has 0 aliphatic heterocycles. The standard InChI is InChI=1S/C14H22N2O2.ClH/c1-10-4-5-13(11(2)8-10)18-9-14(17)16-7-6-12(3)15;/h4-5,8,12H,6-7,9,15H2,1-3H3,(H,16,17);1H. The van der Waals surface area contributed by atoms with E-state index in [1.165, 1.54) is 5.56 Å². The molecule has 0 heterocycles. The van der Waals surface area contributed by atoms with Crippen LogP contribution in [0.2, 0.25) is 0 Å². The topological polar surface area (TPSA) is 64.3 Å². The zero-order chi connectivity index (χ0) is 13.5. The first kappa shape index (κ1) is 17.7. The van der Waals surface area contributed by atoms with E-state index in [0.29, 0.717) is 6.54 Å². The van der Waals surface area contributed by atoms with Gasteiger partial charge in [-0.1, -0.05) is 17.7 Å². The highest BCUT2D eigenvalue weighted by Gasteiger charge is 2.05. The maximum absolute atomic E-state index is 11.5. The molecule has 19 heavy (non-hydrogen) atoms. The minimum atomic E-state index is -0.115. The molecule has 0 aliphatic carbocycles. The molecular weight excluding hydrogens is 264 g/mol. The Balaban J connectivity index is 0.00000324. The summed E-state index contributed by atoms with van der Waals surface area (Å²) < 4.78 is 5.47. The molecule has 1 atom stereocenters. The Morgan fingerprint density at radius 2 is 2.11 bits per heavy atom. The highest BCUT2D eigenvalue weighted by Crippen LogP contribution is 2.18. The smallest absolute Gasteiger partial charge is 0.257 e. The highest BCUT2D eigenvalue weighted by molar-refractivity contribution is 5.85. The maximum atomic E-state index is 11.5. The lowest BCUT2D eigenvalue weighted by Crippen LogP contribution is -2.32. The van der Waals surface area contributed by atoms with Gasteiger partial charge >= 0.3 is 0 Å². The molecule has 1 rings (SSSR count). The molecule has 0 radical (unpaired) electrons. The fraction of sp³-hybridized carbons (Fsp3) is 0.500. The summed E-state index contributed by atoms with van der Waals surface area (Å²) >= 11 is 0. The van der Waals surface area contributed by atoms with E-state index in [-0.39, 0.29) is 31.0 Å². The Bertz CT molecular complexity index is 408. The van der Waals surface area contributed by atoms with Gasteiger partial charge in [0, 0.05) is 12.6 Å². The quantitative estimate of drug-likeness (QED) is 0.840. The van der Waals surface area contributed by atoms with Gasteiger partial charge in [-0.15, -0.1) is 12.4 Å². The minimum Gasteiger partial charge on any atom is -0.484 e. The van der Waals surface area contributed by atoms with Crippen molar-refractivity contribution in [3.05, 3.63) is 29.3 Å². The number of amides is 1. The molecule has 1 aromatic carbocycles. The van der Waals surface area contributed by atoms with Crippen LogP contribution in [0.5, 0.6) is 5.75 Å². The summed E-state index contributed by atoms with van der Waals surface area (Å²) in [4.78, 5) is 11.5. The molecule has 3 N–H and O–H groups in total. The maximum Gasteiger partial charge on any atom is 0.257 e. The van der Waals surface area contributed by atoms with Crippen LogP contribution in [0.25, 0.3) is 0 Å². The van der Waals surface area contributed by atoms with Crippen molar-refractivity contribution >= 4 is 18.3 Å². The van der Waals surface area contributed by atoms with Crippen LogP contribution in [0, 0.1) is 13.8 Å². The number of rotatable bonds is 6. The average molecular weight is 287 g/mol. The lowest BCUT2D eigenvalue weighted by Gasteiger charge is -2.10. The molecule has 4 nitrogen and oxygen atoms in total. The molecule has 0 aromatic heterocycles. The molecule has 1 unspecified atom stereocenters. The third-order valence-corrected chi connectivity index (χ3v) is 2.61. The van der Waals surface area contributed by atoms with Crippen molar-refractivity contribution in [1.29, 1.82) is 0 Å². The Labute approximate surface area is 121 Å². The van der Waals surface area contributed by atoms with Crippen molar-refractivity contribution in [2.24, 2.45) is 5.73 Å². The van der Waals surface area contributed by atoms with Gasteiger partial charge < -0.3 is 15.8 Å². The van der Waals surface area contributed by atoms with Crippen LogP contribution >= 0.6 is 12.4 Å². The summed E-state index contributed by atoms with van der Waals surface area (Å²) in [6.45, 7) is 6.54. The molecule has 0 saturated carbocycles. The third-order valence-electron chi connectivity index (χ3n) is 2.61. The van der Waals surface area contributed by atoms with Crippen LogP contribution in [0.3, 0.4) is 0 Å². The van der Waals surface area contributed by atoms with Crippen LogP contribution in [-0.2, 0) is 4.79 Å². The highest BCUT2D eigenvalue weighted by atomic mass is 35.5. The summed E-state index contributed by atoms with van der Waals surface area (Å²) in [5.41, 5.74) is 7.82. The number of halogens is 1. The number of nitrogens with two attached hydrogens (primary N) is 1. The largest absolute Gasteiger partial charge is 0.484 e. The second kappa shape index (κ2) is 8.77. The first-order chi connectivity index (χ1) is 8.49. The molecular formula is C14H23ClN2O2. The van der Waals surface area contributed by atoms with E-state index in [2.05, 4.69) is 5.32 Å². The fourth-order valence-corrected chi connectivity index (χ4v) is 1.59. The van der Waals surface area contributed by atoms with Crippen LogP contribution in [0.15, 0.2) is 18.2 Å². The summed E-state index contributed by atoms with van der Waals surface area (Å²) in [7, 11) is 0. The van der Waals surface area contributed by atoms with Gasteiger partial charge in [0.1, 0.15) is 5.75 Å². The third kappa shape index (κ3) is 7.03. The average Bonchev–Trinajstić information content (AvgIpc) is 2.27. The minimum absolute atomic E-state index is 0. The number of carbonyl (C=O) groups is 1. The number of nitrogens with one attached hydrogen (secondary N) is 1. The van der Waals surface area contributed by atoms with E-state index in [4.69, 9.17) is 10.5 Å². The Hall–Kier alpha value is -1.26.